The van der Waals surface area contributed by atoms with Gasteiger partial charge in [-0.1, -0.05) is 18.2 Å². The molecule has 1 aromatic carbocycles. The van der Waals surface area contributed by atoms with E-state index in [9.17, 15) is 14.4 Å². The van der Waals surface area contributed by atoms with Crippen molar-refractivity contribution >= 4 is 34.6 Å². The number of likely N-dealkylation sites (N-methyl/N-ethyl adjacent to an activating group) is 1. The van der Waals surface area contributed by atoms with Crippen molar-refractivity contribution in [2.24, 2.45) is 5.73 Å². The van der Waals surface area contributed by atoms with Gasteiger partial charge in [0.25, 0.3) is 0 Å². The largest absolute Gasteiger partial charge is 0.481 e. The molecule has 0 unspecified atom stereocenters. The first-order valence-corrected chi connectivity index (χ1v) is 11.3. The van der Waals surface area contributed by atoms with E-state index >= 15 is 0 Å². The second-order valence-electron chi connectivity index (χ2n) is 8.34. The van der Waals surface area contributed by atoms with Crippen molar-refractivity contribution in [3.05, 3.63) is 59.9 Å². The minimum atomic E-state index is -1.01. The first kappa shape index (κ1) is 27.3. The third-order valence-electron chi connectivity index (χ3n) is 5.40. The van der Waals surface area contributed by atoms with Crippen LogP contribution in [0.1, 0.15) is 36.8 Å². The monoisotopic (exact) mass is 483 g/mol. The Bertz CT molecular complexity index is 1130. The number of nitrogen functional groups attached to an aromatic ring is 1. The number of carboxylic acids is 2. The summed E-state index contributed by atoms with van der Waals surface area (Å²) < 4.78 is 0. The standard InChI is InChI=1S/C13H16N2O2.C12H17N3O3/c14-10(7-13(16)17)6-5-9-8-15-12-4-2-1-3-11(9)12;1-15(8-12(17)18)11(16)4-2-3-9-5-6-14-10(13)7-9/h1-4,8,10,15H,5-7,14H2,(H,16,17);5-7H,2-4,8H2,1H3,(H2,13,14)(H,17,18)/t10-;/m1./s1. The van der Waals surface area contributed by atoms with Gasteiger partial charge in [-0.15, -0.1) is 0 Å². The van der Waals surface area contributed by atoms with Crippen LogP contribution in [0.2, 0.25) is 0 Å². The fourth-order valence-corrected chi connectivity index (χ4v) is 3.58. The van der Waals surface area contributed by atoms with Gasteiger partial charge in [-0.2, -0.15) is 0 Å². The first-order chi connectivity index (χ1) is 16.7. The molecule has 1 amide bonds. The number of hydrogen-bond acceptors (Lipinski definition) is 6. The van der Waals surface area contributed by atoms with Crippen molar-refractivity contribution in [2.75, 3.05) is 19.3 Å². The molecule has 2 aromatic heterocycles. The number of rotatable bonds is 11. The van der Waals surface area contributed by atoms with E-state index in [0.717, 1.165) is 23.9 Å². The third kappa shape index (κ3) is 9.85. The number of nitrogens with two attached hydrogens (primary N) is 2. The molecule has 1 atom stereocenters. The molecule has 3 rings (SSSR count). The average Bonchev–Trinajstić information content (AvgIpc) is 3.20. The van der Waals surface area contributed by atoms with Crippen LogP contribution in [0.3, 0.4) is 0 Å². The zero-order chi connectivity index (χ0) is 25.8. The molecule has 0 saturated carbocycles. The van der Waals surface area contributed by atoms with Crippen molar-refractivity contribution < 1.29 is 24.6 Å². The van der Waals surface area contributed by atoms with Crippen LogP contribution in [-0.4, -0.2) is 62.6 Å². The molecule has 3 aromatic rings. The summed E-state index contributed by atoms with van der Waals surface area (Å²) in [7, 11) is 1.49. The van der Waals surface area contributed by atoms with Gasteiger partial charge in [0, 0.05) is 42.8 Å². The highest BCUT2D eigenvalue weighted by molar-refractivity contribution is 5.83. The molecular weight excluding hydrogens is 450 g/mol. The topological polar surface area (TPSA) is 176 Å². The normalized spacial score (nSPS) is 11.4. The van der Waals surface area contributed by atoms with Gasteiger partial charge in [-0.3, -0.25) is 14.4 Å². The number of amides is 1. The Kier molecular flexibility index (Phi) is 10.7. The molecule has 0 bridgehead atoms. The lowest BCUT2D eigenvalue weighted by Crippen LogP contribution is -2.31. The zero-order valence-electron chi connectivity index (χ0n) is 19.8. The van der Waals surface area contributed by atoms with Crippen molar-refractivity contribution in [1.29, 1.82) is 0 Å². The molecule has 10 nitrogen and oxygen atoms in total. The Balaban J connectivity index is 0.000000247. The number of carbonyl (C=O) groups excluding carboxylic acids is 1. The lowest BCUT2D eigenvalue weighted by Gasteiger charge is -2.14. The van der Waals surface area contributed by atoms with Crippen LogP contribution in [-0.2, 0) is 27.2 Å². The van der Waals surface area contributed by atoms with Gasteiger partial charge in [-0.25, -0.2) is 4.98 Å². The van der Waals surface area contributed by atoms with Crippen molar-refractivity contribution in [2.45, 2.75) is 44.6 Å². The fraction of sp³-hybridized carbons (Fsp3) is 0.360. The molecule has 0 aliphatic heterocycles. The van der Waals surface area contributed by atoms with Crippen LogP contribution in [0.25, 0.3) is 10.9 Å². The second kappa shape index (κ2) is 13.7. The second-order valence-corrected chi connectivity index (χ2v) is 8.34. The van der Waals surface area contributed by atoms with E-state index in [1.54, 1.807) is 12.3 Å². The fourth-order valence-electron chi connectivity index (χ4n) is 3.58. The van der Waals surface area contributed by atoms with Crippen molar-refractivity contribution in [1.82, 2.24) is 14.9 Å². The van der Waals surface area contributed by atoms with Gasteiger partial charge < -0.3 is 31.6 Å². The summed E-state index contributed by atoms with van der Waals surface area (Å²) in [6.07, 6.45) is 6.83. The maximum atomic E-state index is 11.6. The summed E-state index contributed by atoms with van der Waals surface area (Å²) in [5, 5.41) is 18.4. The molecule has 188 valence electrons. The number of aromatic amines is 1. The van der Waals surface area contributed by atoms with Crippen molar-refractivity contribution in [3.8, 4) is 0 Å². The molecule has 0 fully saturated rings. The van der Waals surface area contributed by atoms with Gasteiger partial charge in [0.05, 0.1) is 6.42 Å². The Morgan fingerprint density at radius 2 is 1.86 bits per heavy atom. The third-order valence-corrected chi connectivity index (χ3v) is 5.40. The highest BCUT2D eigenvalue weighted by Gasteiger charge is 2.12. The highest BCUT2D eigenvalue weighted by atomic mass is 16.4. The molecule has 0 aliphatic rings. The number of benzene rings is 1. The average molecular weight is 484 g/mol. The lowest BCUT2D eigenvalue weighted by molar-refractivity contribution is -0.143. The molecule has 2 heterocycles. The molecule has 0 saturated heterocycles. The molecule has 7 N–H and O–H groups in total. The molecule has 0 spiro atoms. The number of H-pyrrole nitrogens is 1. The van der Waals surface area contributed by atoms with Crippen LogP contribution in [0.5, 0.6) is 0 Å². The van der Waals surface area contributed by atoms with Gasteiger partial charge in [0.2, 0.25) is 5.91 Å². The number of nitrogens with one attached hydrogen (secondary N) is 1. The van der Waals surface area contributed by atoms with Crippen LogP contribution in [0, 0.1) is 0 Å². The molecule has 10 heteroatoms. The van der Waals surface area contributed by atoms with Gasteiger partial charge >= 0.3 is 11.9 Å². The smallest absolute Gasteiger partial charge is 0.323 e. The number of carbonyl (C=O) groups is 3. The number of aryl methyl sites for hydroxylation is 2. The minimum absolute atomic E-state index is 0.0301. The number of hydrogen-bond donors (Lipinski definition) is 5. The van der Waals surface area contributed by atoms with Crippen LogP contribution in [0.4, 0.5) is 5.82 Å². The maximum Gasteiger partial charge on any atom is 0.323 e. The SMILES string of the molecule is CN(CC(=O)O)C(=O)CCCc1ccnc(N)c1.N[C@H](CCc1c[nH]c2ccccc12)CC(=O)O. The maximum absolute atomic E-state index is 11.6. The van der Waals surface area contributed by atoms with Crippen molar-refractivity contribution in [3.63, 3.8) is 0 Å². The number of aliphatic carboxylic acids is 2. The van der Waals surface area contributed by atoms with Crippen LogP contribution >= 0.6 is 0 Å². The summed E-state index contributed by atoms with van der Waals surface area (Å²) in [5.74, 6) is -1.55. The summed E-state index contributed by atoms with van der Waals surface area (Å²) in [6, 6.07) is 11.4. The van der Waals surface area contributed by atoms with E-state index in [4.69, 9.17) is 21.7 Å². The number of aromatic nitrogens is 2. The Hall–Kier alpha value is -3.92. The molecule has 0 aliphatic carbocycles. The number of carboxylic acid groups (broad SMARTS) is 2. The molecular formula is C25H33N5O5. The minimum Gasteiger partial charge on any atom is -0.481 e. The van der Waals surface area contributed by atoms with E-state index in [1.165, 1.54) is 22.9 Å². The summed E-state index contributed by atoms with van der Waals surface area (Å²) in [5.41, 5.74) is 14.6. The Labute approximate surface area is 203 Å². The predicted octanol–water partition coefficient (Wildman–Crippen LogP) is 2.43. The zero-order valence-corrected chi connectivity index (χ0v) is 19.8. The van der Waals surface area contributed by atoms with E-state index < -0.39 is 11.9 Å². The first-order valence-electron chi connectivity index (χ1n) is 11.3. The Morgan fingerprint density at radius 3 is 2.54 bits per heavy atom. The van der Waals surface area contributed by atoms with Gasteiger partial charge in [0.1, 0.15) is 12.4 Å². The summed E-state index contributed by atoms with van der Waals surface area (Å²) in [4.78, 5) is 40.8. The quantitative estimate of drug-likeness (QED) is 0.276. The molecule has 35 heavy (non-hydrogen) atoms. The number of para-hydroxylation sites is 1. The van der Waals surface area contributed by atoms with Crippen LogP contribution in [0.15, 0.2) is 48.8 Å². The predicted molar refractivity (Wildman–Crippen MR) is 134 cm³/mol. The number of pyridine rings is 1. The number of fused-ring (bicyclic) bond motifs is 1. The lowest BCUT2D eigenvalue weighted by atomic mass is 10.0. The van der Waals surface area contributed by atoms with E-state index in [-0.39, 0.29) is 24.9 Å². The number of anilines is 1. The van der Waals surface area contributed by atoms with E-state index in [0.29, 0.717) is 25.1 Å². The summed E-state index contributed by atoms with van der Waals surface area (Å²) in [6.45, 7) is -0.263. The van der Waals surface area contributed by atoms with Crippen LogP contribution < -0.4 is 11.5 Å². The summed E-state index contributed by atoms with van der Waals surface area (Å²) >= 11 is 0. The molecule has 0 radical (unpaired) electrons. The highest BCUT2D eigenvalue weighted by Crippen LogP contribution is 2.19. The Morgan fingerprint density at radius 1 is 1.11 bits per heavy atom. The van der Waals surface area contributed by atoms with Gasteiger partial charge in [0.15, 0.2) is 0 Å². The van der Waals surface area contributed by atoms with Gasteiger partial charge in [-0.05, 0) is 55.0 Å². The van der Waals surface area contributed by atoms with E-state index in [1.807, 2.05) is 30.5 Å². The van der Waals surface area contributed by atoms with E-state index in [2.05, 4.69) is 16.0 Å². The number of nitrogens with zero attached hydrogens (tertiary/aromatic N) is 2.